The van der Waals surface area contributed by atoms with Gasteiger partial charge in [-0.15, -0.1) is 0 Å². The number of benzene rings is 1. The van der Waals surface area contributed by atoms with Crippen molar-refractivity contribution in [1.29, 1.82) is 0 Å². The lowest BCUT2D eigenvalue weighted by atomic mass is 9.96. The lowest BCUT2D eigenvalue weighted by Gasteiger charge is -2.15. The van der Waals surface area contributed by atoms with E-state index in [4.69, 9.17) is 4.74 Å². The topological polar surface area (TPSA) is 21.3 Å². The Balaban J connectivity index is 2.36. The van der Waals surface area contributed by atoms with Crippen LogP contribution in [-0.4, -0.2) is 26.8 Å². The molecule has 0 heterocycles. The van der Waals surface area contributed by atoms with Crippen LogP contribution in [0.2, 0.25) is 0 Å². The van der Waals surface area contributed by atoms with Crippen LogP contribution < -0.4 is 5.32 Å². The van der Waals surface area contributed by atoms with E-state index in [9.17, 15) is 0 Å². The molecule has 1 aromatic rings. The van der Waals surface area contributed by atoms with E-state index >= 15 is 0 Å². The SMILES string of the molecule is CCC(CNCCOC)c1ccccc1. The Hall–Kier alpha value is -0.860. The Morgan fingerprint density at radius 3 is 2.60 bits per heavy atom. The molecule has 1 unspecified atom stereocenters. The summed E-state index contributed by atoms with van der Waals surface area (Å²) in [5, 5.41) is 3.41. The molecule has 15 heavy (non-hydrogen) atoms. The zero-order valence-corrected chi connectivity index (χ0v) is 9.70. The highest BCUT2D eigenvalue weighted by atomic mass is 16.5. The van der Waals surface area contributed by atoms with E-state index in [-0.39, 0.29) is 0 Å². The maximum Gasteiger partial charge on any atom is 0.0587 e. The van der Waals surface area contributed by atoms with Crippen molar-refractivity contribution in [2.75, 3.05) is 26.8 Å². The molecular formula is C13H21NO. The quantitative estimate of drug-likeness (QED) is 0.693. The van der Waals surface area contributed by atoms with Gasteiger partial charge in [-0.05, 0) is 17.9 Å². The van der Waals surface area contributed by atoms with Crippen molar-refractivity contribution in [1.82, 2.24) is 5.32 Å². The molecule has 0 fully saturated rings. The van der Waals surface area contributed by atoms with Crippen molar-refractivity contribution in [2.24, 2.45) is 0 Å². The van der Waals surface area contributed by atoms with E-state index in [1.54, 1.807) is 7.11 Å². The van der Waals surface area contributed by atoms with Gasteiger partial charge < -0.3 is 10.1 Å². The van der Waals surface area contributed by atoms with Crippen molar-refractivity contribution in [3.05, 3.63) is 35.9 Å². The van der Waals surface area contributed by atoms with Gasteiger partial charge in [-0.3, -0.25) is 0 Å². The molecular weight excluding hydrogens is 186 g/mol. The van der Waals surface area contributed by atoms with Gasteiger partial charge in [0.2, 0.25) is 0 Å². The van der Waals surface area contributed by atoms with E-state index in [0.29, 0.717) is 5.92 Å². The minimum atomic E-state index is 0.614. The lowest BCUT2D eigenvalue weighted by Crippen LogP contribution is -2.24. The molecule has 2 nitrogen and oxygen atoms in total. The molecule has 0 aliphatic rings. The summed E-state index contributed by atoms with van der Waals surface area (Å²) in [6.45, 7) is 4.98. The second-order valence-corrected chi connectivity index (χ2v) is 3.71. The number of hydrogen-bond acceptors (Lipinski definition) is 2. The van der Waals surface area contributed by atoms with Crippen LogP contribution in [0, 0.1) is 0 Å². The first-order valence-electron chi connectivity index (χ1n) is 5.63. The van der Waals surface area contributed by atoms with E-state index < -0.39 is 0 Å². The molecule has 0 spiro atoms. The summed E-state index contributed by atoms with van der Waals surface area (Å²) < 4.78 is 5.00. The molecule has 0 saturated carbocycles. The second kappa shape index (κ2) is 7.43. The molecule has 0 amide bonds. The minimum absolute atomic E-state index is 0.614. The highest BCUT2D eigenvalue weighted by Crippen LogP contribution is 2.17. The Morgan fingerprint density at radius 1 is 1.27 bits per heavy atom. The highest BCUT2D eigenvalue weighted by molar-refractivity contribution is 5.19. The van der Waals surface area contributed by atoms with Gasteiger partial charge in [-0.25, -0.2) is 0 Å². The van der Waals surface area contributed by atoms with E-state index in [1.165, 1.54) is 12.0 Å². The monoisotopic (exact) mass is 207 g/mol. The largest absolute Gasteiger partial charge is 0.383 e. The first-order valence-corrected chi connectivity index (χ1v) is 5.63. The van der Waals surface area contributed by atoms with Crippen LogP contribution in [0.25, 0.3) is 0 Å². The molecule has 2 heteroatoms. The molecule has 84 valence electrons. The fraction of sp³-hybridized carbons (Fsp3) is 0.538. The lowest BCUT2D eigenvalue weighted by molar-refractivity contribution is 0.199. The molecule has 1 N–H and O–H groups in total. The van der Waals surface area contributed by atoms with Crippen LogP contribution in [0.5, 0.6) is 0 Å². The molecule has 0 bridgehead atoms. The van der Waals surface area contributed by atoms with Crippen molar-refractivity contribution < 1.29 is 4.74 Å². The van der Waals surface area contributed by atoms with Crippen LogP contribution in [0.3, 0.4) is 0 Å². The molecule has 0 saturated heterocycles. The van der Waals surface area contributed by atoms with Crippen LogP contribution in [0.15, 0.2) is 30.3 Å². The zero-order chi connectivity index (χ0) is 10.9. The van der Waals surface area contributed by atoms with Gasteiger partial charge in [-0.1, -0.05) is 37.3 Å². The Bertz CT molecular complexity index is 248. The van der Waals surface area contributed by atoms with Gasteiger partial charge in [0.05, 0.1) is 6.61 Å². The van der Waals surface area contributed by atoms with Crippen LogP contribution in [0.1, 0.15) is 24.8 Å². The van der Waals surface area contributed by atoms with E-state index in [0.717, 1.165) is 19.7 Å². The van der Waals surface area contributed by atoms with Gasteiger partial charge in [0.25, 0.3) is 0 Å². The van der Waals surface area contributed by atoms with E-state index in [2.05, 4.69) is 42.6 Å². The van der Waals surface area contributed by atoms with Crippen LogP contribution in [0.4, 0.5) is 0 Å². The summed E-state index contributed by atoms with van der Waals surface area (Å²) in [5.74, 6) is 0.614. The first kappa shape index (κ1) is 12.2. The molecule has 0 radical (unpaired) electrons. The maximum absolute atomic E-state index is 5.00. The number of rotatable bonds is 7. The molecule has 1 aromatic carbocycles. The van der Waals surface area contributed by atoms with Crippen molar-refractivity contribution in [2.45, 2.75) is 19.3 Å². The number of methoxy groups -OCH3 is 1. The fourth-order valence-electron chi connectivity index (χ4n) is 1.67. The summed E-state index contributed by atoms with van der Waals surface area (Å²) in [5.41, 5.74) is 1.42. The third-order valence-corrected chi connectivity index (χ3v) is 2.64. The standard InChI is InChI=1S/C13H21NO/c1-3-12(11-14-9-10-15-2)13-7-5-4-6-8-13/h4-8,12,14H,3,9-11H2,1-2H3. The Kier molecular flexibility index (Phi) is 6.05. The summed E-state index contributed by atoms with van der Waals surface area (Å²) in [6.07, 6.45) is 1.17. The predicted molar refractivity (Wildman–Crippen MR) is 64.2 cm³/mol. The zero-order valence-electron chi connectivity index (χ0n) is 9.70. The molecule has 0 aliphatic carbocycles. The predicted octanol–water partition coefficient (Wildman–Crippen LogP) is 2.42. The van der Waals surface area contributed by atoms with E-state index in [1.807, 2.05) is 0 Å². The summed E-state index contributed by atoms with van der Waals surface area (Å²) in [6, 6.07) is 10.7. The van der Waals surface area contributed by atoms with Gasteiger partial charge in [0.1, 0.15) is 0 Å². The molecule has 0 aliphatic heterocycles. The maximum atomic E-state index is 5.00. The van der Waals surface area contributed by atoms with Crippen molar-refractivity contribution in [3.63, 3.8) is 0 Å². The number of nitrogens with one attached hydrogen (secondary N) is 1. The Labute approximate surface area is 92.6 Å². The average Bonchev–Trinajstić information content (AvgIpc) is 2.30. The van der Waals surface area contributed by atoms with Gasteiger partial charge >= 0.3 is 0 Å². The second-order valence-electron chi connectivity index (χ2n) is 3.71. The highest BCUT2D eigenvalue weighted by Gasteiger charge is 2.07. The third-order valence-electron chi connectivity index (χ3n) is 2.64. The molecule has 1 atom stereocenters. The van der Waals surface area contributed by atoms with Crippen LogP contribution >= 0.6 is 0 Å². The van der Waals surface area contributed by atoms with Gasteiger partial charge in [0.15, 0.2) is 0 Å². The minimum Gasteiger partial charge on any atom is -0.383 e. The average molecular weight is 207 g/mol. The molecule has 0 aromatic heterocycles. The van der Waals surface area contributed by atoms with Gasteiger partial charge in [-0.2, -0.15) is 0 Å². The summed E-state index contributed by atoms with van der Waals surface area (Å²) in [7, 11) is 1.73. The third kappa shape index (κ3) is 4.45. The first-order chi connectivity index (χ1) is 7.38. The van der Waals surface area contributed by atoms with Crippen molar-refractivity contribution in [3.8, 4) is 0 Å². The van der Waals surface area contributed by atoms with Crippen molar-refractivity contribution >= 4 is 0 Å². The number of hydrogen-bond donors (Lipinski definition) is 1. The molecule has 1 rings (SSSR count). The normalized spacial score (nSPS) is 12.7. The number of ether oxygens (including phenoxy) is 1. The fourth-order valence-corrected chi connectivity index (χ4v) is 1.67. The smallest absolute Gasteiger partial charge is 0.0587 e. The summed E-state index contributed by atoms with van der Waals surface area (Å²) >= 11 is 0. The van der Waals surface area contributed by atoms with Gasteiger partial charge in [0, 0.05) is 20.2 Å². The van der Waals surface area contributed by atoms with Crippen LogP contribution in [-0.2, 0) is 4.74 Å². The summed E-state index contributed by atoms with van der Waals surface area (Å²) in [4.78, 5) is 0. The Morgan fingerprint density at radius 2 is 2.00 bits per heavy atom.